The Hall–Kier alpha value is -6.38. The van der Waals surface area contributed by atoms with Gasteiger partial charge in [-0.25, -0.2) is 9.59 Å². The van der Waals surface area contributed by atoms with E-state index in [1.807, 2.05) is 97.1 Å². The van der Waals surface area contributed by atoms with Gasteiger partial charge in [-0.2, -0.15) is 0 Å². The molecule has 0 spiro atoms. The molecule has 3 saturated heterocycles. The van der Waals surface area contributed by atoms with Crippen molar-refractivity contribution in [3.63, 3.8) is 0 Å². The Morgan fingerprint density at radius 2 is 0.866 bits per heavy atom. The number of ether oxygens (including phenoxy) is 10. The molecule has 6 aromatic rings. The predicted octanol–water partition coefficient (Wildman–Crippen LogP) is 13.8. The van der Waals surface area contributed by atoms with Gasteiger partial charge in [-0.15, -0.1) is 0 Å². The Kier molecular flexibility index (Phi) is 18.0. The number of cyclic esters (lactones) is 2. The second-order valence-corrected chi connectivity index (χ2v) is 22.9. The van der Waals surface area contributed by atoms with Crippen LogP contribution in [-0.4, -0.2) is 89.2 Å². The van der Waals surface area contributed by atoms with Crippen molar-refractivity contribution in [1.82, 2.24) is 0 Å². The van der Waals surface area contributed by atoms with E-state index in [2.05, 4.69) is 76.2 Å². The van der Waals surface area contributed by atoms with Gasteiger partial charge in [0.15, 0.2) is 11.2 Å². The minimum atomic E-state index is -1.19. The first-order valence-corrected chi connectivity index (χ1v) is 30.2. The molecule has 8 atom stereocenters. The molecule has 0 aliphatic carbocycles. The van der Waals surface area contributed by atoms with Gasteiger partial charge in [-0.3, -0.25) is 0 Å². The van der Waals surface area contributed by atoms with E-state index in [-0.39, 0.29) is 43.5 Å². The summed E-state index contributed by atoms with van der Waals surface area (Å²) in [4.78, 5) is 27.5. The number of epoxide rings is 3. The molecule has 0 aromatic heterocycles. The Morgan fingerprint density at radius 1 is 0.451 bits per heavy atom. The molecule has 0 amide bonds. The third kappa shape index (κ3) is 12.3. The summed E-state index contributed by atoms with van der Waals surface area (Å²) in [7, 11) is 0. The van der Waals surface area contributed by atoms with Crippen molar-refractivity contribution < 1.29 is 57.0 Å². The van der Waals surface area contributed by atoms with Crippen LogP contribution in [0.2, 0.25) is 0 Å². The lowest BCUT2D eigenvalue weighted by molar-refractivity contribution is -0.119. The highest BCUT2D eigenvalue weighted by Crippen LogP contribution is 2.50. The zero-order valence-corrected chi connectivity index (χ0v) is 48.2. The molecule has 6 aromatic carbocycles. The summed E-state index contributed by atoms with van der Waals surface area (Å²) >= 11 is 0. The van der Waals surface area contributed by atoms with Crippen molar-refractivity contribution in [2.24, 2.45) is 0 Å². The largest absolute Gasteiger partial charge is 0.491 e. The predicted molar refractivity (Wildman–Crippen MR) is 313 cm³/mol. The van der Waals surface area contributed by atoms with Gasteiger partial charge in [0.1, 0.15) is 49.1 Å². The van der Waals surface area contributed by atoms with Crippen molar-refractivity contribution in [3.05, 3.63) is 201 Å². The first-order valence-electron chi connectivity index (χ1n) is 30.2. The Bertz CT molecular complexity index is 3080. The topological polar surface area (TPSA) is 136 Å². The average molecular weight is 1110 g/mol. The van der Waals surface area contributed by atoms with E-state index in [4.69, 9.17) is 47.4 Å². The first kappa shape index (κ1) is 57.4. The second kappa shape index (κ2) is 25.6. The van der Waals surface area contributed by atoms with Gasteiger partial charge < -0.3 is 47.4 Å². The normalized spacial score (nSPS) is 23.0. The van der Waals surface area contributed by atoms with Crippen LogP contribution in [0.3, 0.4) is 0 Å². The minimum absolute atomic E-state index is 0.0405. The van der Waals surface area contributed by atoms with E-state index in [9.17, 15) is 9.59 Å². The molecule has 82 heavy (non-hydrogen) atoms. The summed E-state index contributed by atoms with van der Waals surface area (Å²) in [6.07, 6.45) is 11.6. The Morgan fingerprint density at radius 3 is 1.32 bits per heavy atom. The SMILES string of the molecule is CCCCCC(CCC)(OCC(COc1ccc(C2(c3ccc(C(CCC)(CCCCC)OCC4CO4)cc3)OC(=O)c3ccccc32)cc1)OCC1CO1)c1ccc(C2(c3ccc(OCC4CO4)cc3)OC(=O)c3ccccc32)cc1. The third-order valence-electron chi connectivity index (χ3n) is 17.1. The molecule has 432 valence electrons. The Balaban J connectivity index is 0.845. The second-order valence-electron chi connectivity index (χ2n) is 22.9. The maximum Gasteiger partial charge on any atom is 0.340 e. The van der Waals surface area contributed by atoms with Crippen LogP contribution in [0.15, 0.2) is 146 Å². The molecule has 12 nitrogen and oxygen atoms in total. The van der Waals surface area contributed by atoms with Crippen LogP contribution in [0.5, 0.6) is 11.5 Å². The van der Waals surface area contributed by atoms with Crippen LogP contribution in [-0.2, 0) is 60.3 Å². The van der Waals surface area contributed by atoms with Gasteiger partial charge in [0.2, 0.25) is 0 Å². The molecule has 0 radical (unpaired) electrons. The van der Waals surface area contributed by atoms with Crippen LogP contribution in [0.1, 0.15) is 170 Å². The van der Waals surface area contributed by atoms with Gasteiger partial charge in [0.25, 0.3) is 0 Å². The van der Waals surface area contributed by atoms with Gasteiger partial charge in [0.05, 0.1) is 62.0 Å². The van der Waals surface area contributed by atoms with Crippen LogP contribution in [0.4, 0.5) is 0 Å². The standard InChI is InChI=1S/C70H80O12/c1-5-9-15-39-67(37-7-3,49-21-25-51(26-22-49)69(63-19-13-11-17-61(63)65(71)81-69)53-29-33-55(34-30-53)73-41-57-42-75-57)79-47-59(77-44-58-43-76-58)45-74-56-35-31-54(32-36-56)70(64-20-14-12-18-62(64)66(72)82-70)52-27-23-50(24-28-52)68(38-8-4,40-16-10-6-2)80-48-60-46-78-60/h11-14,17-36,57-60H,5-10,15-16,37-48H2,1-4H3. The van der Waals surface area contributed by atoms with Crippen molar-refractivity contribution in [3.8, 4) is 11.5 Å². The van der Waals surface area contributed by atoms with Crippen LogP contribution >= 0.6 is 0 Å². The van der Waals surface area contributed by atoms with Gasteiger partial charge in [0, 0.05) is 33.4 Å². The number of carbonyl (C=O) groups excluding carboxylic acids is 2. The van der Waals surface area contributed by atoms with Crippen molar-refractivity contribution in [1.29, 1.82) is 0 Å². The third-order valence-corrected chi connectivity index (χ3v) is 17.1. The lowest BCUT2D eigenvalue weighted by Gasteiger charge is -2.37. The van der Waals surface area contributed by atoms with E-state index >= 15 is 0 Å². The van der Waals surface area contributed by atoms with Gasteiger partial charge in [-0.1, -0.05) is 188 Å². The summed E-state index contributed by atoms with van der Waals surface area (Å²) in [6.45, 7) is 13.0. The fraction of sp³-hybridized carbons (Fsp3) is 0.457. The quantitative estimate of drug-likeness (QED) is 0.0220. The summed E-state index contributed by atoms with van der Waals surface area (Å²) in [6, 6.07) is 48.2. The van der Waals surface area contributed by atoms with E-state index in [1.165, 1.54) is 0 Å². The molecule has 12 heteroatoms. The van der Waals surface area contributed by atoms with E-state index < -0.39 is 28.5 Å². The average Bonchev–Trinajstić information content (AvgIpc) is 3.23. The van der Waals surface area contributed by atoms with E-state index in [0.717, 1.165) is 134 Å². The van der Waals surface area contributed by atoms with Crippen LogP contribution in [0, 0.1) is 0 Å². The summed E-state index contributed by atoms with van der Waals surface area (Å²) in [5.41, 5.74) is 4.75. The lowest BCUT2D eigenvalue weighted by atomic mass is 9.78. The molecule has 0 bridgehead atoms. The number of esters is 2. The zero-order valence-electron chi connectivity index (χ0n) is 48.2. The lowest BCUT2D eigenvalue weighted by Crippen LogP contribution is -2.37. The van der Waals surface area contributed by atoms with Gasteiger partial charge in [-0.05, 0) is 73.2 Å². The number of unbranched alkanes of at least 4 members (excludes halogenated alkanes) is 4. The van der Waals surface area contributed by atoms with Crippen molar-refractivity contribution in [2.45, 2.75) is 152 Å². The first-order chi connectivity index (χ1) is 40.2. The molecule has 0 saturated carbocycles. The van der Waals surface area contributed by atoms with Gasteiger partial charge >= 0.3 is 11.9 Å². The molecule has 5 aliphatic rings. The minimum Gasteiger partial charge on any atom is -0.491 e. The van der Waals surface area contributed by atoms with E-state index in [0.29, 0.717) is 49.9 Å². The van der Waals surface area contributed by atoms with E-state index in [1.54, 1.807) is 0 Å². The van der Waals surface area contributed by atoms with Crippen molar-refractivity contribution in [2.75, 3.05) is 52.9 Å². The molecule has 8 unspecified atom stereocenters. The molecule has 5 heterocycles. The monoisotopic (exact) mass is 1110 g/mol. The van der Waals surface area contributed by atoms with Crippen molar-refractivity contribution >= 4 is 11.9 Å². The Labute approximate surface area is 484 Å². The molecule has 5 aliphatic heterocycles. The fourth-order valence-corrected chi connectivity index (χ4v) is 12.4. The zero-order chi connectivity index (χ0) is 56.6. The summed E-state index contributed by atoms with van der Waals surface area (Å²) in [5, 5.41) is 0. The summed E-state index contributed by atoms with van der Waals surface area (Å²) < 4.78 is 63.0. The van der Waals surface area contributed by atoms with Crippen LogP contribution in [0.25, 0.3) is 0 Å². The highest BCUT2D eigenvalue weighted by Gasteiger charge is 2.50. The molecular formula is C70H80O12. The van der Waals surface area contributed by atoms with Crippen LogP contribution < -0.4 is 9.47 Å². The molecule has 0 N–H and O–H groups in total. The molecular weight excluding hydrogens is 1030 g/mol. The number of benzene rings is 6. The highest BCUT2D eigenvalue weighted by atomic mass is 16.6. The number of hydrogen-bond donors (Lipinski definition) is 0. The highest BCUT2D eigenvalue weighted by molar-refractivity contribution is 5.97. The number of carbonyl (C=O) groups is 2. The maximum absolute atomic E-state index is 13.8. The molecule has 11 rings (SSSR count). The summed E-state index contributed by atoms with van der Waals surface area (Å²) in [5.74, 6) is 0.648. The number of rotatable bonds is 33. The maximum atomic E-state index is 13.8. The molecule has 3 fully saturated rings. The fourth-order valence-electron chi connectivity index (χ4n) is 12.4. The smallest absolute Gasteiger partial charge is 0.340 e. The number of hydrogen-bond acceptors (Lipinski definition) is 12. The number of fused-ring (bicyclic) bond motifs is 2.